The summed E-state index contributed by atoms with van der Waals surface area (Å²) in [5.41, 5.74) is 2.25. The maximum Gasteiger partial charge on any atom is 0.119 e. The lowest BCUT2D eigenvalue weighted by Crippen LogP contribution is -1.96. The van der Waals surface area contributed by atoms with Gasteiger partial charge in [0.15, 0.2) is 0 Å². The monoisotopic (exact) mass is 260 g/mol. The van der Waals surface area contributed by atoms with Gasteiger partial charge in [-0.1, -0.05) is 76.8 Å². The zero-order valence-electron chi connectivity index (χ0n) is 12.4. The molecule has 1 nitrogen and oxygen atoms in total. The highest BCUT2D eigenvalue weighted by Gasteiger charge is 1.93. The van der Waals surface area contributed by atoms with Crippen LogP contribution < -0.4 is 4.74 Å². The smallest absolute Gasteiger partial charge is 0.119 e. The van der Waals surface area contributed by atoms with Gasteiger partial charge in [0.25, 0.3) is 0 Å². The molecule has 19 heavy (non-hydrogen) atoms. The summed E-state index contributed by atoms with van der Waals surface area (Å²) < 4.78 is 5.63. The second-order valence-electron chi connectivity index (χ2n) is 4.53. The molecule has 0 aliphatic carbocycles. The molecule has 0 saturated heterocycles. The van der Waals surface area contributed by atoms with Crippen LogP contribution in [0.3, 0.4) is 0 Å². The Morgan fingerprint density at radius 1 is 0.895 bits per heavy atom. The Kier molecular flexibility index (Phi) is 13.5. The number of para-hydroxylation sites is 1. The molecule has 0 bridgehead atoms. The SMILES string of the molecule is C=C=C.CCCCCCCCCOc1ccccc1. The number of unbranched alkanes of at least 4 members (excludes halogenated alkanes) is 6. The average Bonchev–Trinajstić information content (AvgIpc) is 2.44. The van der Waals surface area contributed by atoms with E-state index in [2.05, 4.69) is 25.8 Å². The Labute approximate surface area is 119 Å². The van der Waals surface area contributed by atoms with Crippen molar-refractivity contribution in [1.29, 1.82) is 0 Å². The molecule has 0 N–H and O–H groups in total. The predicted octanol–water partition coefficient (Wildman–Crippen LogP) is 5.77. The topological polar surface area (TPSA) is 9.23 Å². The molecule has 1 heteroatoms. The highest BCUT2D eigenvalue weighted by atomic mass is 16.5. The first kappa shape index (κ1) is 17.5. The average molecular weight is 260 g/mol. The van der Waals surface area contributed by atoms with Crippen molar-refractivity contribution in [1.82, 2.24) is 0 Å². The number of benzene rings is 1. The molecular weight excluding hydrogens is 232 g/mol. The van der Waals surface area contributed by atoms with Crippen molar-refractivity contribution < 1.29 is 4.74 Å². The summed E-state index contributed by atoms with van der Waals surface area (Å²) >= 11 is 0. The highest BCUT2D eigenvalue weighted by molar-refractivity contribution is 5.20. The van der Waals surface area contributed by atoms with Gasteiger partial charge in [-0.05, 0) is 18.6 Å². The summed E-state index contributed by atoms with van der Waals surface area (Å²) in [5.74, 6) is 0.994. The fourth-order valence-electron chi connectivity index (χ4n) is 1.77. The van der Waals surface area contributed by atoms with Crippen LogP contribution in [0.15, 0.2) is 49.2 Å². The molecule has 106 valence electrons. The Hall–Kier alpha value is -1.46. The maximum atomic E-state index is 5.63. The van der Waals surface area contributed by atoms with E-state index in [4.69, 9.17) is 4.74 Å². The maximum absolute atomic E-state index is 5.63. The van der Waals surface area contributed by atoms with Crippen molar-refractivity contribution >= 4 is 0 Å². The standard InChI is InChI=1S/C15H24O.C3H4/c1-2-3-4-5-6-7-11-14-16-15-12-9-8-10-13-15;1-3-2/h8-10,12-13H,2-7,11,14H2,1H3;1-2H2. The molecule has 0 spiro atoms. The first-order chi connectivity index (χ1) is 9.35. The molecule has 0 radical (unpaired) electrons. The van der Waals surface area contributed by atoms with E-state index in [1.54, 1.807) is 0 Å². The van der Waals surface area contributed by atoms with Crippen LogP contribution in [0.1, 0.15) is 51.9 Å². The van der Waals surface area contributed by atoms with Crippen molar-refractivity contribution in [2.24, 2.45) is 0 Å². The first-order valence-corrected chi connectivity index (χ1v) is 7.32. The van der Waals surface area contributed by atoms with E-state index >= 15 is 0 Å². The van der Waals surface area contributed by atoms with Crippen molar-refractivity contribution in [2.45, 2.75) is 51.9 Å². The fourth-order valence-corrected chi connectivity index (χ4v) is 1.77. The van der Waals surface area contributed by atoms with E-state index in [9.17, 15) is 0 Å². The van der Waals surface area contributed by atoms with Crippen LogP contribution >= 0.6 is 0 Å². The molecule has 0 atom stereocenters. The van der Waals surface area contributed by atoms with Crippen LogP contribution in [-0.2, 0) is 0 Å². The summed E-state index contributed by atoms with van der Waals surface area (Å²) in [6.45, 7) is 9.37. The molecular formula is C18H28O. The summed E-state index contributed by atoms with van der Waals surface area (Å²) in [6.07, 6.45) is 9.35. The normalized spacial score (nSPS) is 9.11. The molecule has 1 aromatic carbocycles. The van der Waals surface area contributed by atoms with Crippen LogP contribution in [0, 0.1) is 0 Å². The molecule has 0 fully saturated rings. The van der Waals surface area contributed by atoms with Gasteiger partial charge in [-0.25, -0.2) is 0 Å². The lowest BCUT2D eigenvalue weighted by atomic mass is 10.1. The number of hydrogen-bond donors (Lipinski definition) is 0. The van der Waals surface area contributed by atoms with Crippen LogP contribution in [0.2, 0.25) is 0 Å². The van der Waals surface area contributed by atoms with Gasteiger partial charge < -0.3 is 4.74 Å². The largest absolute Gasteiger partial charge is 0.494 e. The van der Waals surface area contributed by atoms with E-state index in [1.165, 1.54) is 44.9 Å². The number of hydrogen-bond acceptors (Lipinski definition) is 1. The zero-order valence-corrected chi connectivity index (χ0v) is 12.4. The summed E-state index contributed by atoms with van der Waals surface area (Å²) in [7, 11) is 0. The summed E-state index contributed by atoms with van der Waals surface area (Å²) in [6, 6.07) is 10.1. The van der Waals surface area contributed by atoms with Gasteiger partial charge in [0.05, 0.1) is 6.61 Å². The Morgan fingerprint density at radius 2 is 1.42 bits per heavy atom. The van der Waals surface area contributed by atoms with Gasteiger partial charge >= 0.3 is 0 Å². The molecule has 0 aliphatic heterocycles. The lowest BCUT2D eigenvalue weighted by molar-refractivity contribution is 0.304. The minimum atomic E-state index is 0.859. The summed E-state index contributed by atoms with van der Waals surface area (Å²) in [5, 5.41) is 0. The van der Waals surface area contributed by atoms with Crippen molar-refractivity contribution in [3.63, 3.8) is 0 Å². The van der Waals surface area contributed by atoms with E-state index in [0.29, 0.717) is 0 Å². The zero-order chi connectivity index (χ0) is 14.2. The van der Waals surface area contributed by atoms with E-state index in [-0.39, 0.29) is 0 Å². The van der Waals surface area contributed by atoms with E-state index < -0.39 is 0 Å². The fraction of sp³-hybridized carbons (Fsp3) is 0.500. The molecule has 0 aliphatic rings. The third-order valence-corrected chi connectivity index (χ3v) is 2.76. The highest BCUT2D eigenvalue weighted by Crippen LogP contribution is 2.10. The van der Waals surface area contributed by atoms with Crippen molar-refractivity contribution in [3.05, 3.63) is 49.2 Å². The molecule has 0 saturated carbocycles. The summed E-state index contributed by atoms with van der Waals surface area (Å²) in [4.78, 5) is 0. The van der Waals surface area contributed by atoms with Gasteiger partial charge in [-0.3, -0.25) is 0 Å². The quantitative estimate of drug-likeness (QED) is 0.404. The second-order valence-corrected chi connectivity index (χ2v) is 4.53. The van der Waals surface area contributed by atoms with Crippen molar-refractivity contribution in [3.8, 4) is 5.75 Å². The van der Waals surface area contributed by atoms with Gasteiger partial charge in [0.1, 0.15) is 5.75 Å². The minimum absolute atomic E-state index is 0.859. The number of ether oxygens (including phenoxy) is 1. The Balaban J connectivity index is 0.000000982. The van der Waals surface area contributed by atoms with Gasteiger partial charge in [-0.15, -0.1) is 5.73 Å². The van der Waals surface area contributed by atoms with E-state index in [1.807, 2.05) is 30.3 Å². The van der Waals surface area contributed by atoms with Gasteiger partial charge in [0, 0.05) is 0 Å². The van der Waals surface area contributed by atoms with E-state index in [0.717, 1.165) is 12.4 Å². The molecule has 1 rings (SSSR count). The molecule has 1 aromatic rings. The Morgan fingerprint density at radius 3 is 2.00 bits per heavy atom. The Bertz CT molecular complexity index is 310. The predicted molar refractivity (Wildman–Crippen MR) is 84.7 cm³/mol. The van der Waals surface area contributed by atoms with Crippen LogP contribution in [0.25, 0.3) is 0 Å². The molecule has 0 heterocycles. The minimum Gasteiger partial charge on any atom is -0.494 e. The van der Waals surface area contributed by atoms with Gasteiger partial charge in [0.2, 0.25) is 0 Å². The van der Waals surface area contributed by atoms with Gasteiger partial charge in [-0.2, -0.15) is 0 Å². The molecule has 0 unspecified atom stereocenters. The van der Waals surface area contributed by atoms with Crippen LogP contribution in [-0.4, -0.2) is 6.61 Å². The third kappa shape index (κ3) is 12.8. The number of rotatable bonds is 9. The third-order valence-electron chi connectivity index (χ3n) is 2.76. The first-order valence-electron chi connectivity index (χ1n) is 7.32. The molecule has 0 amide bonds. The van der Waals surface area contributed by atoms with Crippen LogP contribution in [0.4, 0.5) is 0 Å². The van der Waals surface area contributed by atoms with Crippen LogP contribution in [0.5, 0.6) is 5.75 Å². The lowest BCUT2D eigenvalue weighted by Gasteiger charge is -2.05. The second kappa shape index (κ2) is 14.6. The molecule has 0 aromatic heterocycles. The van der Waals surface area contributed by atoms with Crippen molar-refractivity contribution in [2.75, 3.05) is 6.61 Å².